The van der Waals surface area contributed by atoms with E-state index in [9.17, 15) is 4.79 Å². The van der Waals surface area contributed by atoms with Crippen molar-refractivity contribution in [2.24, 2.45) is 0 Å². The fourth-order valence-electron chi connectivity index (χ4n) is 3.85. The molecule has 1 aliphatic heterocycles. The number of benzene rings is 1. The van der Waals surface area contributed by atoms with E-state index in [0.29, 0.717) is 31.1 Å². The molecule has 156 valence electrons. The van der Waals surface area contributed by atoms with Gasteiger partial charge < -0.3 is 9.64 Å². The number of carbonyl (C=O) groups excluding carboxylic acids is 1. The van der Waals surface area contributed by atoms with Crippen LogP contribution in [0.5, 0.6) is 0 Å². The molecular weight excluding hydrogens is 412 g/mol. The normalized spacial score (nSPS) is 16.5. The van der Waals surface area contributed by atoms with Gasteiger partial charge in [0.25, 0.3) is 0 Å². The standard InChI is InChI=1S/C24H21ClN4O2/c25-18-9-10-23-26-14-21(29(23)15-18)19-7-4-8-20(27-19)22-16-28(11-12-31-22)24(30)13-17-5-2-1-3-6-17/h1-10,14-15,22H,11-13,16H2. The Morgan fingerprint density at radius 3 is 2.84 bits per heavy atom. The van der Waals surface area contributed by atoms with Gasteiger partial charge in [-0.1, -0.05) is 48.0 Å². The van der Waals surface area contributed by atoms with Crippen molar-refractivity contribution >= 4 is 23.2 Å². The quantitative estimate of drug-likeness (QED) is 0.485. The molecule has 1 unspecified atom stereocenters. The van der Waals surface area contributed by atoms with E-state index in [0.717, 1.165) is 28.3 Å². The van der Waals surface area contributed by atoms with E-state index in [2.05, 4.69) is 4.98 Å². The van der Waals surface area contributed by atoms with Crippen LogP contribution < -0.4 is 0 Å². The fraction of sp³-hybridized carbons (Fsp3) is 0.208. The van der Waals surface area contributed by atoms with Gasteiger partial charge in [0.15, 0.2) is 0 Å². The smallest absolute Gasteiger partial charge is 0.227 e. The summed E-state index contributed by atoms with van der Waals surface area (Å²) in [4.78, 5) is 23.9. The van der Waals surface area contributed by atoms with E-state index in [-0.39, 0.29) is 12.0 Å². The van der Waals surface area contributed by atoms with Crippen molar-refractivity contribution in [3.8, 4) is 11.4 Å². The number of hydrogen-bond donors (Lipinski definition) is 0. The van der Waals surface area contributed by atoms with Crippen LogP contribution in [0, 0.1) is 0 Å². The number of hydrogen-bond acceptors (Lipinski definition) is 4. The highest BCUT2D eigenvalue weighted by Crippen LogP contribution is 2.26. The molecule has 0 radical (unpaired) electrons. The zero-order valence-corrected chi connectivity index (χ0v) is 17.6. The first-order valence-corrected chi connectivity index (χ1v) is 10.6. The Kier molecular flexibility index (Phi) is 5.40. The summed E-state index contributed by atoms with van der Waals surface area (Å²) in [5, 5.41) is 0.631. The van der Waals surface area contributed by atoms with E-state index >= 15 is 0 Å². The molecule has 0 aliphatic carbocycles. The van der Waals surface area contributed by atoms with Gasteiger partial charge in [0, 0.05) is 12.7 Å². The molecule has 0 bridgehead atoms. The lowest BCUT2D eigenvalue weighted by molar-refractivity contribution is -0.138. The predicted octanol–water partition coefficient (Wildman–Crippen LogP) is 4.19. The molecule has 31 heavy (non-hydrogen) atoms. The lowest BCUT2D eigenvalue weighted by Gasteiger charge is -2.33. The molecule has 0 N–H and O–H groups in total. The highest BCUT2D eigenvalue weighted by molar-refractivity contribution is 6.30. The van der Waals surface area contributed by atoms with Crippen LogP contribution in [-0.2, 0) is 16.0 Å². The second-order valence-corrected chi connectivity index (χ2v) is 7.96. The van der Waals surface area contributed by atoms with Crippen molar-refractivity contribution in [1.82, 2.24) is 19.3 Å². The van der Waals surface area contributed by atoms with E-state index in [1.165, 1.54) is 0 Å². The van der Waals surface area contributed by atoms with Crippen LogP contribution in [0.25, 0.3) is 17.0 Å². The number of amides is 1. The Hall–Kier alpha value is -3.22. The summed E-state index contributed by atoms with van der Waals surface area (Å²) in [7, 11) is 0. The maximum Gasteiger partial charge on any atom is 0.227 e. The lowest BCUT2D eigenvalue weighted by atomic mass is 10.1. The number of morpholine rings is 1. The molecule has 1 fully saturated rings. The number of ether oxygens (including phenoxy) is 1. The first kappa shape index (κ1) is 19.7. The maximum absolute atomic E-state index is 12.8. The molecule has 1 saturated heterocycles. The van der Waals surface area contributed by atoms with Gasteiger partial charge in [0.1, 0.15) is 11.8 Å². The van der Waals surface area contributed by atoms with Crippen molar-refractivity contribution in [2.45, 2.75) is 12.5 Å². The second-order valence-electron chi connectivity index (χ2n) is 7.53. The third-order valence-electron chi connectivity index (χ3n) is 5.45. The Labute approximate surface area is 185 Å². The van der Waals surface area contributed by atoms with Crippen LogP contribution in [0.1, 0.15) is 17.4 Å². The maximum atomic E-state index is 12.8. The second kappa shape index (κ2) is 8.49. The molecule has 5 rings (SSSR count). The first-order chi connectivity index (χ1) is 15.2. The van der Waals surface area contributed by atoms with Gasteiger partial charge in [0.2, 0.25) is 5.91 Å². The van der Waals surface area contributed by atoms with Gasteiger partial charge >= 0.3 is 0 Å². The highest BCUT2D eigenvalue weighted by atomic mass is 35.5. The molecule has 0 saturated carbocycles. The number of carbonyl (C=O) groups is 1. The van der Waals surface area contributed by atoms with Gasteiger partial charge in [-0.15, -0.1) is 0 Å². The van der Waals surface area contributed by atoms with Gasteiger partial charge in [-0.05, 0) is 29.8 Å². The fourth-order valence-corrected chi connectivity index (χ4v) is 4.02. The summed E-state index contributed by atoms with van der Waals surface area (Å²) >= 11 is 6.17. The van der Waals surface area contributed by atoms with E-state index in [4.69, 9.17) is 21.3 Å². The Bertz CT molecular complexity index is 1220. The number of pyridine rings is 2. The number of rotatable bonds is 4. The van der Waals surface area contributed by atoms with Crippen LogP contribution in [0.4, 0.5) is 0 Å². The lowest BCUT2D eigenvalue weighted by Crippen LogP contribution is -2.43. The van der Waals surface area contributed by atoms with Crippen LogP contribution in [-0.4, -0.2) is 44.9 Å². The Morgan fingerprint density at radius 1 is 1.10 bits per heavy atom. The zero-order chi connectivity index (χ0) is 21.2. The molecule has 1 aliphatic rings. The van der Waals surface area contributed by atoms with E-state index < -0.39 is 0 Å². The number of halogens is 1. The summed E-state index contributed by atoms with van der Waals surface area (Å²) in [6.45, 7) is 1.57. The summed E-state index contributed by atoms with van der Waals surface area (Å²) in [6, 6.07) is 19.3. The molecule has 6 nitrogen and oxygen atoms in total. The molecule has 1 atom stereocenters. The average molecular weight is 433 g/mol. The van der Waals surface area contributed by atoms with Crippen molar-refractivity contribution in [2.75, 3.05) is 19.7 Å². The number of nitrogens with zero attached hydrogens (tertiary/aromatic N) is 4. The van der Waals surface area contributed by atoms with Gasteiger partial charge in [-0.2, -0.15) is 0 Å². The average Bonchev–Trinajstić information content (AvgIpc) is 3.23. The first-order valence-electron chi connectivity index (χ1n) is 10.2. The molecule has 1 amide bonds. The van der Waals surface area contributed by atoms with Gasteiger partial charge in [-0.25, -0.2) is 9.97 Å². The molecule has 4 aromatic rings. The van der Waals surface area contributed by atoms with Crippen molar-refractivity contribution in [3.63, 3.8) is 0 Å². The van der Waals surface area contributed by atoms with Crippen molar-refractivity contribution in [1.29, 1.82) is 0 Å². The van der Waals surface area contributed by atoms with E-state index in [1.54, 1.807) is 6.20 Å². The minimum absolute atomic E-state index is 0.104. The van der Waals surface area contributed by atoms with Crippen molar-refractivity contribution in [3.05, 3.63) is 89.3 Å². The topological polar surface area (TPSA) is 59.7 Å². The molecule has 1 aromatic carbocycles. The van der Waals surface area contributed by atoms with Crippen molar-refractivity contribution < 1.29 is 9.53 Å². The minimum Gasteiger partial charge on any atom is -0.368 e. The SMILES string of the molecule is O=C(Cc1ccccc1)N1CCOC(c2cccc(-c3cnc4ccc(Cl)cn34)n2)C1. The Morgan fingerprint density at radius 2 is 1.97 bits per heavy atom. The summed E-state index contributed by atoms with van der Waals surface area (Å²) in [5.74, 6) is 0.104. The molecule has 7 heteroatoms. The van der Waals surface area contributed by atoms with Crippen LogP contribution >= 0.6 is 11.6 Å². The Balaban J connectivity index is 1.36. The zero-order valence-electron chi connectivity index (χ0n) is 16.8. The monoisotopic (exact) mass is 432 g/mol. The number of aromatic nitrogens is 3. The van der Waals surface area contributed by atoms with Gasteiger partial charge in [0.05, 0.1) is 47.9 Å². The summed E-state index contributed by atoms with van der Waals surface area (Å²) in [5.41, 5.74) is 4.25. The third-order valence-corrected chi connectivity index (χ3v) is 5.67. The highest BCUT2D eigenvalue weighted by Gasteiger charge is 2.26. The van der Waals surface area contributed by atoms with Crippen LogP contribution in [0.15, 0.2) is 73.1 Å². The summed E-state index contributed by atoms with van der Waals surface area (Å²) in [6.07, 6.45) is 3.74. The third kappa shape index (κ3) is 4.17. The van der Waals surface area contributed by atoms with E-state index in [1.807, 2.05) is 76.2 Å². The molecule has 0 spiro atoms. The minimum atomic E-state index is -0.267. The largest absolute Gasteiger partial charge is 0.368 e. The summed E-state index contributed by atoms with van der Waals surface area (Å²) < 4.78 is 7.90. The molecule has 3 aromatic heterocycles. The number of imidazole rings is 1. The predicted molar refractivity (Wildman–Crippen MR) is 119 cm³/mol. The van der Waals surface area contributed by atoms with Crippen LogP contribution in [0.2, 0.25) is 5.02 Å². The number of fused-ring (bicyclic) bond motifs is 1. The molecular formula is C24H21ClN4O2. The van der Waals surface area contributed by atoms with Gasteiger partial charge in [-0.3, -0.25) is 9.20 Å². The molecule has 4 heterocycles. The van der Waals surface area contributed by atoms with Crippen LogP contribution in [0.3, 0.4) is 0 Å².